The highest BCUT2D eigenvalue weighted by Gasteiger charge is 2.06. The summed E-state index contributed by atoms with van der Waals surface area (Å²) in [4.78, 5) is 15.9. The number of rotatable bonds is 8. The molecule has 3 aromatic rings. The van der Waals surface area contributed by atoms with Crippen LogP contribution < -0.4 is 0 Å². The van der Waals surface area contributed by atoms with Crippen LogP contribution in [0.25, 0.3) is 0 Å². The topological polar surface area (TPSA) is 17.1 Å². The lowest BCUT2D eigenvalue weighted by Crippen LogP contribution is -1.99. The Hall–Kier alpha value is -1.68. The maximum absolute atomic E-state index is 12.3. The zero-order chi connectivity index (χ0) is 18.2. The average Bonchev–Trinajstić information content (AvgIpc) is 2.68. The van der Waals surface area contributed by atoms with E-state index in [1.165, 1.54) is 9.79 Å². The number of carbonyl (C=O) groups excluding carboxylic acids is 1. The molecular formula is C22H19ClOS2. The zero-order valence-electron chi connectivity index (χ0n) is 14.2. The van der Waals surface area contributed by atoms with E-state index in [9.17, 15) is 4.79 Å². The minimum Gasteiger partial charge on any atom is -0.294 e. The predicted octanol–water partition coefficient (Wildman–Crippen LogP) is 7.25. The molecule has 0 saturated heterocycles. The molecule has 0 aromatic heterocycles. The van der Waals surface area contributed by atoms with Crippen molar-refractivity contribution < 1.29 is 4.79 Å². The molecule has 132 valence electrons. The van der Waals surface area contributed by atoms with Gasteiger partial charge in [-0.2, -0.15) is 0 Å². The molecule has 0 atom stereocenters. The molecule has 0 amide bonds. The molecule has 3 aromatic carbocycles. The fraction of sp³-hybridized carbons (Fsp3) is 0.136. The van der Waals surface area contributed by atoms with Gasteiger partial charge in [0, 0.05) is 31.7 Å². The molecule has 0 radical (unpaired) electrons. The maximum atomic E-state index is 12.3. The predicted molar refractivity (Wildman–Crippen MR) is 113 cm³/mol. The fourth-order valence-electron chi connectivity index (χ4n) is 2.43. The second kappa shape index (κ2) is 9.86. The van der Waals surface area contributed by atoms with Gasteiger partial charge in [0.15, 0.2) is 5.78 Å². The molecule has 0 aliphatic heterocycles. The van der Waals surface area contributed by atoms with Crippen molar-refractivity contribution in [3.8, 4) is 0 Å². The first-order valence-electron chi connectivity index (χ1n) is 8.45. The molecule has 26 heavy (non-hydrogen) atoms. The molecule has 0 unspecified atom stereocenters. The zero-order valence-corrected chi connectivity index (χ0v) is 16.6. The van der Waals surface area contributed by atoms with Crippen LogP contribution in [0.4, 0.5) is 0 Å². The number of benzene rings is 3. The molecule has 0 spiro atoms. The Morgan fingerprint density at radius 1 is 0.769 bits per heavy atom. The van der Waals surface area contributed by atoms with Crippen molar-refractivity contribution in [2.45, 2.75) is 27.5 Å². The average molecular weight is 399 g/mol. The highest BCUT2D eigenvalue weighted by molar-refractivity contribution is 7.99. The fourth-order valence-corrected chi connectivity index (χ4v) is 4.25. The van der Waals surface area contributed by atoms with Crippen LogP contribution in [0.1, 0.15) is 23.2 Å². The quantitative estimate of drug-likeness (QED) is 0.226. The molecule has 1 nitrogen and oxygen atoms in total. The second-order valence-corrected chi connectivity index (χ2v) is 8.52. The molecule has 0 bridgehead atoms. The highest BCUT2D eigenvalue weighted by atomic mass is 35.5. The molecule has 0 aliphatic rings. The van der Waals surface area contributed by atoms with Crippen molar-refractivity contribution in [1.29, 1.82) is 0 Å². The minimum absolute atomic E-state index is 0.206. The first-order chi connectivity index (χ1) is 12.7. The van der Waals surface area contributed by atoms with Crippen LogP contribution in [-0.2, 0) is 0 Å². The number of hydrogen-bond donors (Lipinski definition) is 0. The molecule has 3 rings (SSSR count). The van der Waals surface area contributed by atoms with E-state index in [0.29, 0.717) is 6.42 Å². The normalized spacial score (nSPS) is 10.7. The number of Topliss-reactive ketones (excluding diaryl/α,β-unsaturated/α-hetero) is 1. The number of thioether (sulfide) groups is 1. The second-order valence-electron chi connectivity index (χ2n) is 5.77. The Kier molecular flexibility index (Phi) is 7.24. The van der Waals surface area contributed by atoms with E-state index in [4.69, 9.17) is 11.6 Å². The number of ketones is 1. The van der Waals surface area contributed by atoms with E-state index in [2.05, 4.69) is 12.1 Å². The molecule has 0 saturated carbocycles. The molecule has 0 fully saturated rings. The standard InChI is InChI=1S/C22H19ClOS2/c23-18-10-14-19(15-11-18)25-16-4-7-22(24)17-8-12-21(13-9-17)26-20-5-2-1-3-6-20/h1-3,5-6,8-15H,4,7,16H2. The van der Waals surface area contributed by atoms with Crippen molar-refractivity contribution in [3.63, 3.8) is 0 Å². The Morgan fingerprint density at radius 2 is 1.38 bits per heavy atom. The summed E-state index contributed by atoms with van der Waals surface area (Å²) in [5.74, 6) is 1.13. The summed E-state index contributed by atoms with van der Waals surface area (Å²) < 4.78 is 0. The Labute approximate surface area is 168 Å². The van der Waals surface area contributed by atoms with Gasteiger partial charge < -0.3 is 0 Å². The SMILES string of the molecule is O=C(CCCSc1ccc(Cl)cc1)c1ccc(Sc2ccccc2)cc1. The van der Waals surface area contributed by atoms with Crippen LogP contribution in [0.5, 0.6) is 0 Å². The molecule has 0 aliphatic carbocycles. The summed E-state index contributed by atoms with van der Waals surface area (Å²) in [5.41, 5.74) is 0.791. The van der Waals surface area contributed by atoms with E-state index in [1.54, 1.807) is 23.5 Å². The maximum Gasteiger partial charge on any atom is 0.162 e. The lowest BCUT2D eigenvalue weighted by Gasteiger charge is -2.05. The first kappa shape index (κ1) is 19.1. The largest absolute Gasteiger partial charge is 0.294 e. The van der Waals surface area contributed by atoms with Gasteiger partial charge in [-0.05, 0) is 60.7 Å². The smallest absolute Gasteiger partial charge is 0.162 e. The first-order valence-corrected chi connectivity index (χ1v) is 10.6. The van der Waals surface area contributed by atoms with Gasteiger partial charge in [-0.25, -0.2) is 0 Å². The molecule has 4 heteroatoms. The van der Waals surface area contributed by atoms with E-state index in [0.717, 1.165) is 27.7 Å². The van der Waals surface area contributed by atoms with Crippen LogP contribution in [0.2, 0.25) is 5.02 Å². The third-order valence-corrected chi connectivity index (χ3v) is 6.15. The van der Waals surface area contributed by atoms with Crippen LogP contribution in [-0.4, -0.2) is 11.5 Å². The Bertz CT molecular complexity index is 830. The summed E-state index contributed by atoms with van der Waals surface area (Å²) in [6.45, 7) is 0. The van der Waals surface area contributed by atoms with Gasteiger partial charge in [-0.1, -0.05) is 53.7 Å². The lowest BCUT2D eigenvalue weighted by atomic mass is 10.1. The summed E-state index contributed by atoms with van der Waals surface area (Å²) in [6, 6.07) is 26.0. The van der Waals surface area contributed by atoms with Crippen molar-refractivity contribution in [2.75, 3.05) is 5.75 Å². The van der Waals surface area contributed by atoms with Gasteiger partial charge in [0.05, 0.1) is 0 Å². The summed E-state index contributed by atoms with van der Waals surface area (Å²) in [5, 5.41) is 0.749. The van der Waals surface area contributed by atoms with E-state index < -0.39 is 0 Å². The van der Waals surface area contributed by atoms with E-state index in [1.807, 2.05) is 66.7 Å². The monoisotopic (exact) mass is 398 g/mol. The summed E-state index contributed by atoms with van der Waals surface area (Å²) >= 11 is 9.34. The van der Waals surface area contributed by atoms with Gasteiger partial charge in [0.1, 0.15) is 0 Å². The molecule has 0 heterocycles. The van der Waals surface area contributed by atoms with Crippen LogP contribution in [0.15, 0.2) is 93.5 Å². The van der Waals surface area contributed by atoms with E-state index >= 15 is 0 Å². The highest BCUT2D eigenvalue weighted by Crippen LogP contribution is 2.27. The van der Waals surface area contributed by atoms with Crippen LogP contribution in [0.3, 0.4) is 0 Å². The number of carbonyl (C=O) groups is 1. The third-order valence-electron chi connectivity index (χ3n) is 3.79. The van der Waals surface area contributed by atoms with Crippen molar-refractivity contribution >= 4 is 40.9 Å². The minimum atomic E-state index is 0.206. The summed E-state index contributed by atoms with van der Waals surface area (Å²) in [6.07, 6.45) is 1.44. The van der Waals surface area contributed by atoms with Gasteiger partial charge >= 0.3 is 0 Å². The lowest BCUT2D eigenvalue weighted by molar-refractivity contribution is 0.0982. The van der Waals surface area contributed by atoms with Crippen LogP contribution >= 0.6 is 35.1 Å². The molecular weight excluding hydrogens is 380 g/mol. The number of hydrogen-bond acceptors (Lipinski definition) is 3. The molecule has 0 N–H and O–H groups in total. The van der Waals surface area contributed by atoms with Crippen molar-refractivity contribution in [3.05, 3.63) is 89.4 Å². The third kappa shape index (κ3) is 5.94. The van der Waals surface area contributed by atoms with Crippen LogP contribution in [0, 0.1) is 0 Å². The number of halogens is 1. The van der Waals surface area contributed by atoms with Gasteiger partial charge in [0.25, 0.3) is 0 Å². The van der Waals surface area contributed by atoms with Crippen molar-refractivity contribution in [2.24, 2.45) is 0 Å². The Balaban J connectivity index is 1.45. The van der Waals surface area contributed by atoms with Gasteiger partial charge in [-0.15, -0.1) is 11.8 Å². The van der Waals surface area contributed by atoms with Gasteiger partial charge in [0.2, 0.25) is 0 Å². The van der Waals surface area contributed by atoms with Crippen molar-refractivity contribution in [1.82, 2.24) is 0 Å². The van der Waals surface area contributed by atoms with Gasteiger partial charge in [-0.3, -0.25) is 4.79 Å². The van der Waals surface area contributed by atoms with E-state index in [-0.39, 0.29) is 5.78 Å². The summed E-state index contributed by atoms with van der Waals surface area (Å²) in [7, 11) is 0. The Morgan fingerprint density at radius 3 is 2.08 bits per heavy atom.